The van der Waals surface area contributed by atoms with Crippen LogP contribution in [0.25, 0.3) is 22.4 Å². The van der Waals surface area contributed by atoms with Gasteiger partial charge < -0.3 is 4.98 Å². The Balaban J connectivity index is 2.19. The van der Waals surface area contributed by atoms with Gasteiger partial charge in [-0.1, -0.05) is 0 Å². The molecule has 0 radical (unpaired) electrons. The van der Waals surface area contributed by atoms with Crippen LogP contribution in [0.4, 0.5) is 8.78 Å². The highest BCUT2D eigenvalue weighted by Crippen LogP contribution is 2.22. The zero-order valence-corrected chi connectivity index (χ0v) is 8.61. The molecule has 2 heterocycles. The van der Waals surface area contributed by atoms with E-state index in [0.29, 0.717) is 16.9 Å². The third-order valence-electron chi connectivity index (χ3n) is 2.47. The molecule has 0 bridgehead atoms. The van der Waals surface area contributed by atoms with Gasteiger partial charge in [0.25, 0.3) is 0 Å². The molecule has 1 N–H and O–H groups in total. The second kappa shape index (κ2) is 3.62. The summed E-state index contributed by atoms with van der Waals surface area (Å²) in [5.41, 5.74) is 1.90. The van der Waals surface area contributed by atoms with E-state index in [1.165, 1.54) is 18.3 Å². The molecule has 3 nitrogen and oxygen atoms in total. The van der Waals surface area contributed by atoms with E-state index in [1.54, 1.807) is 12.3 Å². The molecule has 1 aromatic carbocycles. The molecule has 0 fully saturated rings. The molecule has 2 aromatic heterocycles. The highest BCUT2D eigenvalue weighted by Gasteiger charge is 2.09. The molecule has 3 aromatic rings. The van der Waals surface area contributed by atoms with Gasteiger partial charge in [0.05, 0.1) is 11.9 Å². The zero-order chi connectivity index (χ0) is 11.8. The minimum Gasteiger partial charge on any atom is -0.345 e. The molecule has 0 atom stereocenters. The minimum atomic E-state index is -0.644. The lowest BCUT2D eigenvalue weighted by molar-refractivity contribution is 0.585. The first-order chi connectivity index (χ1) is 8.24. The lowest BCUT2D eigenvalue weighted by atomic mass is 10.1. The number of nitrogens with one attached hydrogen (secondary N) is 1. The van der Waals surface area contributed by atoms with Crippen LogP contribution in [0, 0.1) is 11.6 Å². The van der Waals surface area contributed by atoms with Gasteiger partial charge in [0.1, 0.15) is 17.2 Å². The van der Waals surface area contributed by atoms with E-state index < -0.39 is 11.6 Å². The number of H-pyrrole nitrogens is 1. The van der Waals surface area contributed by atoms with Crippen LogP contribution in [-0.4, -0.2) is 15.0 Å². The molecular weight excluding hydrogens is 224 g/mol. The smallest absolute Gasteiger partial charge is 0.156 e. The van der Waals surface area contributed by atoms with Gasteiger partial charge in [-0.3, -0.25) is 0 Å². The van der Waals surface area contributed by atoms with Gasteiger partial charge in [-0.05, 0) is 18.2 Å². The number of aromatic amines is 1. The van der Waals surface area contributed by atoms with Crippen LogP contribution in [0.3, 0.4) is 0 Å². The molecule has 17 heavy (non-hydrogen) atoms. The van der Waals surface area contributed by atoms with Gasteiger partial charge in [-0.2, -0.15) is 0 Å². The third-order valence-corrected chi connectivity index (χ3v) is 2.47. The number of halogens is 2. The maximum absolute atomic E-state index is 13.5. The van der Waals surface area contributed by atoms with Gasteiger partial charge in [0.2, 0.25) is 0 Å². The number of hydrogen-bond acceptors (Lipinski definition) is 2. The number of fused-ring (bicyclic) bond motifs is 1. The highest BCUT2D eigenvalue weighted by atomic mass is 19.1. The fraction of sp³-hybridized carbons (Fsp3) is 0. The van der Waals surface area contributed by atoms with Crippen molar-refractivity contribution in [1.29, 1.82) is 0 Å². The highest BCUT2D eigenvalue weighted by molar-refractivity contribution is 5.74. The van der Waals surface area contributed by atoms with Gasteiger partial charge in [-0.15, -0.1) is 0 Å². The summed E-state index contributed by atoms with van der Waals surface area (Å²) < 4.78 is 26.3. The van der Waals surface area contributed by atoms with Gasteiger partial charge in [0, 0.05) is 17.8 Å². The second-order valence-electron chi connectivity index (χ2n) is 3.59. The number of aromatic nitrogens is 3. The Hall–Kier alpha value is -2.30. The van der Waals surface area contributed by atoms with Crippen molar-refractivity contribution in [2.45, 2.75) is 0 Å². The van der Waals surface area contributed by atoms with Gasteiger partial charge in [-0.25, -0.2) is 18.7 Å². The molecular formula is C12H7F2N3. The summed E-state index contributed by atoms with van der Waals surface area (Å²) in [7, 11) is 0. The van der Waals surface area contributed by atoms with Crippen LogP contribution in [0.2, 0.25) is 0 Å². The Morgan fingerprint density at radius 1 is 1.12 bits per heavy atom. The molecule has 0 saturated carbocycles. The summed E-state index contributed by atoms with van der Waals surface area (Å²) in [5, 5.41) is 0. The molecule has 5 heteroatoms. The summed E-state index contributed by atoms with van der Waals surface area (Å²) in [6, 6.07) is 5.13. The van der Waals surface area contributed by atoms with Crippen molar-refractivity contribution in [2.24, 2.45) is 0 Å². The average molecular weight is 231 g/mol. The molecule has 0 aliphatic rings. The van der Waals surface area contributed by atoms with Crippen molar-refractivity contribution in [3.8, 4) is 11.3 Å². The van der Waals surface area contributed by atoms with E-state index in [0.717, 1.165) is 6.07 Å². The Kier molecular flexibility index (Phi) is 2.11. The molecule has 0 saturated heterocycles. The van der Waals surface area contributed by atoms with Crippen molar-refractivity contribution in [3.05, 3.63) is 48.3 Å². The van der Waals surface area contributed by atoms with Crippen LogP contribution in [-0.2, 0) is 0 Å². The first-order valence-electron chi connectivity index (χ1n) is 4.99. The predicted molar refractivity (Wildman–Crippen MR) is 59.2 cm³/mol. The Bertz CT molecular complexity index is 691. The quantitative estimate of drug-likeness (QED) is 0.699. The van der Waals surface area contributed by atoms with Crippen molar-refractivity contribution in [3.63, 3.8) is 0 Å². The minimum absolute atomic E-state index is 0.238. The summed E-state index contributed by atoms with van der Waals surface area (Å²) >= 11 is 0. The van der Waals surface area contributed by atoms with E-state index in [4.69, 9.17) is 0 Å². The zero-order valence-electron chi connectivity index (χ0n) is 8.61. The molecule has 0 aliphatic heterocycles. The van der Waals surface area contributed by atoms with E-state index in [-0.39, 0.29) is 5.56 Å². The first-order valence-corrected chi connectivity index (χ1v) is 4.99. The first kappa shape index (κ1) is 9.89. The Morgan fingerprint density at radius 2 is 2.00 bits per heavy atom. The molecule has 0 aliphatic carbocycles. The second-order valence-corrected chi connectivity index (χ2v) is 3.59. The van der Waals surface area contributed by atoms with Crippen molar-refractivity contribution in [1.82, 2.24) is 15.0 Å². The molecule has 0 spiro atoms. The van der Waals surface area contributed by atoms with Crippen LogP contribution >= 0.6 is 0 Å². The number of benzene rings is 1. The van der Waals surface area contributed by atoms with Crippen LogP contribution < -0.4 is 0 Å². The van der Waals surface area contributed by atoms with Crippen LogP contribution in [0.15, 0.2) is 36.7 Å². The topological polar surface area (TPSA) is 41.6 Å². The molecule has 0 amide bonds. The fourth-order valence-corrected chi connectivity index (χ4v) is 1.66. The number of hydrogen-bond donors (Lipinski definition) is 1. The predicted octanol–water partition coefficient (Wildman–Crippen LogP) is 2.90. The Labute approximate surface area is 95.1 Å². The van der Waals surface area contributed by atoms with Crippen molar-refractivity contribution < 1.29 is 8.78 Å². The van der Waals surface area contributed by atoms with Crippen molar-refractivity contribution >= 4 is 11.2 Å². The number of nitrogens with zero attached hydrogens (tertiary/aromatic N) is 2. The lowest BCUT2D eigenvalue weighted by Gasteiger charge is -2.02. The summed E-state index contributed by atoms with van der Waals surface area (Å²) in [6.45, 7) is 0. The fourth-order valence-electron chi connectivity index (χ4n) is 1.66. The Morgan fingerprint density at radius 3 is 2.82 bits per heavy atom. The summed E-state index contributed by atoms with van der Waals surface area (Å²) in [5.74, 6) is -1.25. The maximum atomic E-state index is 13.5. The normalized spacial score (nSPS) is 10.9. The molecule has 0 unspecified atom stereocenters. The van der Waals surface area contributed by atoms with Crippen LogP contribution in [0.1, 0.15) is 0 Å². The summed E-state index contributed by atoms with van der Waals surface area (Å²) in [4.78, 5) is 11.2. The SMILES string of the molecule is Fc1ccc(-c2cnc3[nH]ccc3n2)c(F)c1. The van der Waals surface area contributed by atoms with E-state index >= 15 is 0 Å². The van der Waals surface area contributed by atoms with Gasteiger partial charge >= 0.3 is 0 Å². The van der Waals surface area contributed by atoms with Crippen LogP contribution in [0.5, 0.6) is 0 Å². The molecule has 84 valence electrons. The lowest BCUT2D eigenvalue weighted by Crippen LogP contribution is -1.91. The van der Waals surface area contributed by atoms with E-state index in [9.17, 15) is 8.78 Å². The molecule has 3 rings (SSSR count). The van der Waals surface area contributed by atoms with Crippen molar-refractivity contribution in [2.75, 3.05) is 0 Å². The maximum Gasteiger partial charge on any atom is 0.156 e. The van der Waals surface area contributed by atoms with Gasteiger partial charge in [0.15, 0.2) is 5.65 Å². The third kappa shape index (κ3) is 1.65. The monoisotopic (exact) mass is 231 g/mol. The van der Waals surface area contributed by atoms with E-state index in [1.807, 2.05) is 0 Å². The average Bonchev–Trinajstić information content (AvgIpc) is 2.75. The standard InChI is InChI=1S/C12H7F2N3/c13-7-1-2-8(9(14)5-7)11-6-16-12-10(17-11)3-4-15-12/h1-6H,(H,15,16). The summed E-state index contributed by atoms with van der Waals surface area (Å²) in [6.07, 6.45) is 3.16. The largest absolute Gasteiger partial charge is 0.345 e. The van der Waals surface area contributed by atoms with E-state index in [2.05, 4.69) is 15.0 Å². The number of rotatable bonds is 1.